The van der Waals surface area contributed by atoms with Gasteiger partial charge in [0.1, 0.15) is 0 Å². The van der Waals surface area contributed by atoms with E-state index in [1.54, 1.807) is 12.1 Å². The Kier molecular flexibility index (Phi) is 3.11. The van der Waals surface area contributed by atoms with Gasteiger partial charge in [-0.2, -0.15) is 0 Å². The van der Waals surface area contributed by atoms with Crippen LogP contribution < -0.4 is 5.32 Å². The Morgan fingerprint density at radius 1 is 1.26 bits per heavy atom. The molecule has 3 rings (SSSR count). The average molecular weight is 255 g/mol. The molecule has 1 unspecified atom stereocenters. The van der Waals surface area contributed by atoms with E-state index in [1.165, 1.54) is 30.2 Å². The van der Waals surface area contributed by atoms with Crippen LogP contribution in [0, 0.1) is 12.8 Å². The third-order valence-corrected chi connectivity index (χ3v) is 3.56. The van der Waals surface area contributed by atoms with Gasteiger partial charge in [0.2, 0.25) is 0 Å². The highest BCUT2D eigenvalue weighted by molar-refractivity contribution is 5.91. The lowest BCUT2D eigenvalue weighted by Gasteiger charge is -2.18. The molecule has 0 bridgehead atoms. The molecule has 19 heavy (non-hydrogen) atoms. The van der Waals surface area contributed by atoms with Crippen molar-refractivity contribution in [3.8, 4) is 0 Å². The number of furan rings is 1. The van der Waals surface area contributed by atoms with Gasteiger partial charge in [0.15, 0.2) is 5.76 Å². The molecule has 1 aromatic carbocycles. The van der Waals surface area contributed by atoms with E-state index >= 15 is 0 Å². The summed E-state index contributed by atoms with van der Waals surface area (Å²) in [6, 6.07) is 11.9. The summed E-state index contributed by atoms with van der Waals surface area (Å²) >= 11 is 0. The molecule has 0 spiro atoms. The fraction of sp³-hybridized carbons (Fsp3) is 0.312. The summed E-state index contributed by atoms with van der Waals surface area (Å²) in [5.74, 6) is 0.793. The van der Waals surface area contributed by atoms with Gasteiger partial charge in [0.25, 0.3) is 5.91 Å². The third-order valence-electron chi connectivity index (χ3n) is 3.56. The van der Waals surface area contributed by atoms with Gasteiger partial charge in [-0.3, -0.25) is 4.79 Å². The van der Waals surface area contributed by atoms with Gasteiger partial charge >= 0.3 is 0 Å². The first kappa shape index (κ1) is 12.0. The molecule has 1 saturated carbocycles. The number of aryl methyl sites for hydroxylation is 1. The molecule has 0 aliphatic heterocycles. The van der Waals surface area contributed by atoms with E-state index in [0.717, 1.165) is 0 Å². The summed E-state index contributed by atoms with van der Waals surface area (Å²) in [5, 5.41) is 3.08. The molecular weight excluding hydrogens is 238 g/mol. The fourth-order valence-corrected chi connectivity index (χ4v) is 2.30. The van der Waals surface area contributed by atoms with E-state index in [2.05, 4.69) is 36.5 Å². The average Bonchev–Trinajstić information content (AvgIpc) is 3.10. The van der Waals surface area contributed by atoms with E-state index in [-0.39, 0.29) is 11.9 Å². The molecule has 2 aromatic rings. The van der Waals surface area contributed by atoms with Crippen molar-refractivity contribution in [2.24, 2.45) is 5.92 Å². The molecule has 1 aliphatic rings. The van der Waals surface area contributed by atoms with Crippen molar-refractivity contribution in [3.05, 3.63) is 59.5 Å². The molecule has 1 aliphatic carbocycles. The van der Waals surface area contributed by atoms with Crippen LogP contribution >= 0.6 is 0 Å². The van der Waals surface area contributed by atoms with E-state index in [0.29, 0.717) is 11.7 Å². The summed E-state index contributed by atoms with van der Waals surface area (Å²) in [6.45, 7) is 2.07. The number of amides is 1. The minimum absolute atomic E-state index is 0.0956. The standard InChI is InChI=1S/C16H17NO2/c1-11-4-6-12(7-5-11)15(13-8-9-13)17-16(18)14-3-2-10-19-14/h2-7,10,13,15H,8-9H2,1H3,(H,17,18). The Balaban J connectivity index is 1.78. The molecule has 3 nitrogen and oxygen atoms in total. The lowest BCUT2D eigenvalue weighted by molar-refractivity contribution is 0.0903. The van der Waals surface area contributed by atoms with Crippen molar-refractivity contribution >= 4 is 5.91 Å². The van der Waals surface area contributed by atoms with Gasteiger partial charge in [0.05, 0.1) is 12.3 Å². The number of nitrogens with one attached hydrogen (secondary N) is 1. The predicted molar refractivity (Wildman–Crippen MR) is 72.8 cm³/mol. The number of carbonyl (C=O) groups is 1. The molecule has 1 amide bonds. The van der Waals surface area contributed by atoms with E-state index in [1.807, 2.05) is 0 Å². The van der Waals surface area contributed by atoms with Crippen LogP contribution in [0.1, 0.15) is 40.6 Å². The SMILES string of the molecule is Cc1ccc(C(NC(=O)c2ccco2)C2CC2)cc1. The van der Waals surface area contributed by atoms with E-state index in [4.69, 9.17) is 4.42 Å². The quantitative estimate of drug-likeness (QED) is 0.909. The molecule has 0 radical (unpaired) electrons. The zero-order valence-electron chi connectivity index (χ0n) is 10.9. The van der Waals surface area contributed by atoms with Crippen molar-refractivity contribution < 1.29 is 9.21 Å². The van der Waals surface area contributed by atoms with Crippen molar-refractivity contribution in [1.82, 2.24) is 5.32 Å². The monoisotopic (exact) mass is 255 g/mol. The highest BCUT2D eigenvalue weighted by atomic mass is 16.3. The van der Waals surface area contributed by atoms with Crippen molar-refractivity contribution in [2.45, 2.75) is 25.8 Å². The summed E-state index contributed by atoms with van der Waals surface area (Å²) in [5.41, 5.74) is 2.41. The van der Waals surface area contributed by atoms with Crippen LogP contribution in [-0.4, -0.2) is 5.91 Å². The Morgan fingerprint density at radius 2 is 2.00 bits per heavy atom. The lowest BCUT2D eigenvalue weighted by atomic mass is 10.0. The molecule has 1 aromatic heterocycles. The molecule has 1 atom stereocenters. The van der Waals surface area contributed by atoms with Crippen LogP contribution in [0.5, 0.6) is 0 Å². The first-order chi connectivity index (χ1) is 9.24. The normalized spacial score (nSPS) is 16.1. The predicted octanol–water partition coefficient (Wildman–Crippen LogP) is 3.47. The number of hydrogen-bond acceptors (Lipinski definition) is 2. The summed E-state index contributed by atoms with van der Waals surface area (Å²) < 4.78 is 5.14. The smallest absolute Gasteiger partial charge is 0.287 e. The van der Waals surface area contributed by atoms with Gasteiger partial charge < -0.3 is 9.73 Å². The van der Waals surface area contributed by atoms with Crippen LogP contribution in [0.25, 0.3) is 0 Å². The second-order valence-electron chi connectivity index (χ2n) is 5.18. The molecular formula is C16H17NO2. The van der Waals surface area contributed by atoms with E-state index in [9.17, 15) is 4.79 Å². The molecule has 1 N–H and O–H groups in total. The Bertz CT molecular complexity index is 553. The Hall–Kier alpha value is -2.03. The van der Waals surface area contributed by atoms with E-state index < -0.39 is 0 Å². The molecule has 98 valence electrons. The maximum absolute atomic E-state index is 12.1. The first-order valence-electron chi connectivity index (χ1n) is 6.65. The summed E-state index contributed by atoms with van der Waals surface area (Å²) in [7, 11) is 0. The zero-order valence-corrected chi connectivity index (χ0v) is 10.9. The molecule has 0 saturated heterocycles. The van der Waals surface area contributed by atoms with Gasteiger partial charge in [-0.15, -0.1) is 0 Å². The van der Waals surface area contributed by atoms with Crippen molar-refractivity contribution in [2.75, 3.05) is 0 Å². The third kappa shape index (κ3) is 2.70. The maximum Gasteiger partial charge on any atom is 0.287 e. The molecule has 3 heteroatoms. The highest BCUT2D eigenvalue weighted by Gasteiger charge is 2.33. The van der Waals surface area contributed by atoms with Gasteiger partial charge in [0, 0.05) is 0 Å². The van der Waals surface area contributed by atoms with Gasteiger partial charge in [-0.05, 0) is 43.4 Å². The topological polar surface area (TPSA) is 42.2 Å². The van der Waals surface area contributed by atoms with Crippen LogP contribution in [-0.2, 0) is 0 Å². The van der Waals surface area contributed by atoms with Crippen molar-refractivity contribution in [3.63, 3.8) is 0 Å². The Morgan fingerprint density at radius 3 is 2.58 bits per heavy atom. The highest BCUT2D eigenvalue weighted by Crippen LogP contribution is 2.41. The first-order valence-corrected chi connectivity index (χ1v) is 6.65. The van der Waals surface area contributed by atoms with Crippen LogP contribution in [0.2, 0.25) is 0 Å². The largest absolute Gasteiger partial charge is 0.459 e. The number of hydrogen-bond donors (Lipinski definition) is 1. The fourth-order valence-electron chi connectivity index (χ4n) is 2.30. The van der Waals surface area contributed by atoms with Gasteiger partial charge in [-0.1, -0.05) is 29.8 Å². The number of rotatable bonds is 4. The minimum Gasteiger partial charge on any atom is -0.459 e. The number of carbonyl (C=O) groups excluding carboxylic acids is 1. The zero-order chi connectivity index (χ0) is 13.2. The van der Waals surface area contributed by atoms with Crippen LogP contribution in [0.3, 0.4) is 0 Å². The maximum atomic E-state index is 12.1. The summed E-state index contributed by atoms with van der Waals surface area (Å²) in [6.07, 6.45) is 3.88. The summed E-state index contributed by atoms with van der Waals surface area (Å²) in [4.78, 5) is 12.1. The second kappa shape index (κ2) is 4.92. The lowest BCUT2D eigenvalue weighted by Crippen LogP contribution is -2.29. The van der Waals surface area contributed by atoms with Gasteiger partial charge in [-0.25, -0.2) is 0 Å². The minimum atomic E-state index is -0.137. The van der Waals surface area contributed by atoms with Crippen molar-refractivity contribution in [1.29, 1.82) is 0 Å². The van der Waals surface area contributed by atoms with Crippen LogP contribution in [0.15, 0.2) is 47.1 Å². The molecule has 1 fully saturated rings. The Labute approximate surface area is 112 Å². The number of benzene rings is 1. The van der Waals surface area contributed by atoms with Crippen LogP contribution in [0.4, 0.5) is 0 Å². The second-order valence-corrected chi connectivity index (χ2v) is 5.18. The molecule has 1 heterocycles.